The van der Waals surface area contributed by atoms with Gasteiger partial charge in [0.25, 0.3) is 5.91 Å². The van der Waals surface area contributed by atoms with Crippen LogP contribution in [-0.4, -0.2) is 39.5 Å². The van der Waals surface area contributed by atoms with Crippen LogP contribution in [-0.2, 0) is 13.1 Å². The second kappa shape index (κ2) is 5.99. The van der Waals surface area contributed by atoms with Crippen LogP contribution in [0.5, 0.6) is 11.5 Å². The van der Waals surface area contributed by atoms with Crippen molar-refractivity contribution in [3.05, 3.63) is 36.4 Å². The van der Waals surface area contributed by atoms with Gasteiger partial charge in [0.15, 0.2) is 11.5 Å². The maximum atomic E-state index is 11.1. The molecule has 23 heavy (non-hydrogen) atoms. The van der Waals surface area contributed by atoms with Crippen LogP contribution >= 0.6 is 0 Å². The zero-order valence-electron chi connectivity index (χ0n) is 12.9. The fourth-order valence-corrected chi connectivity index (χ4v) is 2.39. The van der Waals surface area contributed by atoms with Gasteiger partial charge in [-0.15, -0.1) is 0 Å². The zero-order valence-corrected chi connectivity index (χ0v) is 12.9. The van der Waals surface area contributed by atoms with E-state index < -0.39 is 5.91 Å². The number of aromatic nitrogens is 4. The lowest BCUT2D eigenvalue weighted by atomic mass is 10.2. The number of rotatable bonds is 6. The molecule has 1 aromatic carbocycles. The van der Waals surface area contributed by atoms with Crippen molar-refractivity contribution in [3.63, 3.8) is 0 Å². The molecule has 3 rings (SSSR count). The van der Waals surface area contributed by atoms with E-state index in [9.17, 15) is 4.79 Å². The Bertz CT molecular complexity index is 852. The van der Waals surface area contributed by atoms with Gasteiger partial charge in [0, 0.05) is 24.9 Å². The van der Waals surface area contributed by atoms with Crippen molar-refractivity contribution in [2.24, 2.45) is 5.73 Å². The highest BCUT2D eigenvalue weighted by atomic mass is 16.5. The van der Waals surface area contributed by atoms with Gasteiger partial charge < -0.3 is 19.8 Å². The molecule has 0 radical (unpaired) electrons. The molecule has 120 valence electrons. The van der Waals surface area contributed by atoms with Crippen LogP contribution < -0.4 is 15.2 Å². The van der Waals surface area contributed by atoms with Crippen molar-refractivity contribution < 1.29 is 14.3 Å². The van der Waals surface area contributed by atoms with Crippen molar-refractivity contribution in [1.82, 2.24) is 19.3 Å². The molecule has 2 aromatic heterocycles. The van der Waals surface area contributed by atoms with Crippen LogP contribution in [0.2, 0.25) is 0 Å². The van der Waals surface area contributed by atoms with Gasteiger partial charge in [-0.2, -0.15) is 5.10 Å². The third kappa shape index (κ3) is 2.83. The zero-order chi connectivity index (χ0) is 16.4. The SMILES string of the molecule is COc1cc2ncn(CCn3ccc(C(N)=O)n3)c2cc1OC. The maximum absolute atomic E-state index is 11.1. The van der Waals surface area contributed by atoms with Gasteiger partial charge in [0.05, 0.1) is 38.1 Å². The number of hydrogen-bond donors (Lipinski definition) is 1. The first-order chi connectivity index (χ1) is 11.1. The number of benzene rings is 1. The number of nitrogens with two attached hydrogens (primary N) is 1. The summed E-state index contributed by atoms with van der Waals surface area (Å²) in [4.78, 5) is 15.4. The molecule has 2 heterocycles. The van der Waals surface area contributed by atoms with Crippen LogP contribution in [0.15, 0.2) is 30.7 Å². The Hall–Kier alpha value is -3.03. The summed E-state index contributed by atoms with van der Waals surface area (Å²) in [5, 5.41) is 4.11. The molecule has 0 spiro atoms. The minimum Gasteiger partial charge on any atom is -0.493 e. The number of methoxy groups -OCH3 is 2. The third-order valence-electron chi connectivity index (χ3n) is 3.59. The van der Waals surface area contributed by atoms with Crippen molar-refractivity contribution >= 4 is 16.9 Å². The van der Waals surface area contributed by atoms with E-state index >= 15 is 0 Å². The summed E-state index contributed by atoms with van der Waals surface area (Å²) in [6, 6.07) is 5.32. The monoisotopic (exact) mass is 315 g/mol. The molecule has 8 heteroatoms. The first-order valence-electron chi connectivity index (χ1n) is 7.02. The largest absolute Gasteiger partial charge is 0.493 e. The normalized spacial score (nSPS) is 10.9. The molecular weight excluding hydrogens is 298 g/mol. The Morgan fingerprint density at radius 2 is 1.96 bits per heavy atom. The standard InChI is InChI=1S/C15H17N5O3/c1-22-13-7-11-12(8-14(13)23-2)19(9-17-11)5-6-20-4-3-10(18-20)15(16)21/h3-4,7-9H,5-6H2,1-2H3,(H2,16,21). The van der Waals surface area contributed by atoms with Crippen molar-refractivity contribution in [1.29, 1.82) is 0 Å². The van der Waals surface area contributed by atoms with Gasteiger partial charge in [-0.3, -0.25) is 9.48 Å². The summed E-state index contributed by atoms with van der Waals surface area (Å²) in [6.07, 6.45) is 3.48. The van der Waals surface area contributed by atoms with Gasteiger partial charge in [0.2, 0.25) is 0 Å². The number of ether oxygens (including phenoxy) is 2. The minimum absolute atomic E-state index is 0.256. The van der Waals surface area contributed by atoms with Crippen LogP contribution in [0.25, 0.3) is 11.0 Å². The Morgan fingerprint density at radius 1 is 1.22 bits per heavy atom. The molecule has 0 bridgehead atoms. The van der Waals surface area contributed by atoms with Crippen LogP contribution in [0, 0.1) is 0 Å². The Kier molecular flexibility index (Phi) is 3.88. The van der Waals surface area contributed by atoms with E-state index in [1.807, 2.05) is 16.7 Å². The summed E-state index contributed by atoms with van der Waals surface area (Å²) in [5.41, 5.74) is 7.21. The summed E-state index contributed by atoms with van der Waals surface area (Å²) < 4.78 is 14.3. The molecule has 2 N–H and O–H groups in total. The van der Waals surface area contributed by atoms with Gasteiger partial charge in [0.1, 0.15) is 5.69 Å². The van der Waals surface area contributed by atoms with Crippen molar-refractivity contribution in [2.45, 2.75) is 13.1 Å². The molecule has 1 amide bonds. The predicted octanol–water partition coefficient (Wildman–Crippen LogP) is 1.05. The second-order valence-corrected chi connectivity index (χ2v) is 4.96. The summed E-state index contributed by atoms with van der Waals surface area (Å²) in [7, 11) is 3.19. The molecule has 0 saturated carbocycles. The quantitative estimate of drug-likeness (QED) is 0.733. The Morgan fingerprint density at radius 3 is 2.61 bits per heavy atom. The van der Waals surface area contributed by atoms with Gasteiger partial charge in [-0.1, -0.05) is 0 Å². The fraction of sp³-hybridized carbons (Fsp3) is 0.267. The molecule has 0 fully saturated rings. The number of aryl methyl sites for hydroxylation is 2. The number of carbonyl (C=O) groups excluding carboxylic acids is 1. The lowest BCUT2D eigenvalue weighted by Crippen LogP contribution is -2.13. The highest BCUT2D eigenvalue weighted by molar-refractivity contribution is 5.90. The van der Waals surface area contributed by atoms with E-state index in [0.717, 1.165) is 11.0 Å². The molecule has 0 unspecified atom stereocenters. The maximum Gasteiger partial charge on any atom is 0.269 e. The topological polar surface area (TPSA) is 97.2 Å². The second-order valence-electron chi connectivity index (χ2n) is 4.96. The van der Waals surface area contributed by atoms with Crippen LogP contribution in [0.3, 0.4) is 0 Å². The average Bonchev–Trinajstić information content (AvgIpc) is 3.18. The molecule has 0 saturated heterocycles. The molecule has 0 aliphatic rings. The minimum atomic E-state index is -0.534. The van der Waals surface area contributed by atoms with E-state index in [1.54, 1.807) is 37.5 Å². The number of carbonyl (C=O) groups is 1. The summed E-state index contributed by atoms with van der Waals surface area (Å²) >= 11 is 0. The predicted molar refractivity (Wildman–Crippen MR) is 83.6 cm³/mol. The average molecular weight is 315 g/mol. The number of fused-ring (bicyclic) bond motifs is 1. The summed E-state index contributed by atoms with van der Waals surface area (Å²) in [5.74, 6) is 0.758. The van der Waals surface area contributed by atoms with Gasteiger partial charge in [-0.25, -0.2) is 4.98 Å². The van der Waals surface area contributed by atoms with Crippen molar-refractivity contribution in [3.8, 4) is 11.5 Å². The highest BCUT2D eigenvalue weighted by Gasteiger charge is 2.11. The van der Waals surface area contributed by atoms with Crippen LogP contribution in [0.1, 0.15) is 10.5 Å². The highest BCUT2D eigenvalue weighted by Crippen LogP contribution is 2.31. The third-order valence-corrected chi connectivity index (χ3v) is 3.59. The smallest absolute Gasteiger partial charge is 0.269 e. The van der Waals surface area contributed by atoms with E-state index in [1.165, 1.54) is 0 Å². The fourth-order valence-electron chi connectivity index (χ4n) is 2.39. The lowest BCUT2D eigenvalue weighted by molar-refractivity contribution is 0.0994. The van der Waals surface area contributed by atoms with E-state index in [2.05, 4.69) is 10.1 Å². The lowest BCUT2D eigenvalue weighted by Gasteiger charge is -2.09. The summed E-state index contributed by atoms with van der Waals surface area (Å²) in [6.45, 7) is 1.24. The van der Waals surface area contributed by atoms with E-state index in [4.69, 9.17) is 15.2 Å². The number of hydrogen-bond acceptors (Lipinski definition) is 5. The molecular formula is C15H17N5O3. The van der Waals surface area contributed by atoms with Crippen LogP contribution in [0.4, 0.5) is 0 Å². The van der Waals surface area contributed by atoms with E-state index in [0.29, 0.717) is 24.6 Å². The van der Waals surface area contributed by atoms with Crippen molar-refractivity contribution in [2.75, 3.05) is 14.2 Å². The number of amides is 1. The molecule has 0 atom stereocenters. The first kappa shape index (κ1) is 14.9. The first-order valence-corrected chi connectivity index (χ1v) is 7.02. The molecule has 8 nitrogen and oxygen atoms in total. The van der Waals surface area contributed by atoms with Gasteiger partial charge in [-0.05, 0) is 6.07 Å². The Labute approximate surface area is 132 Å². The molecule has 3 aromatic rings. The number of imidazole rings is 1. The van der Waals surface area contributed by atoms with Gasteiger partial charge >= 0.3 is 0 Å². The number of primary amides is 1. The Balaban J connectivity index is 1.83. The molecule has 0 aliphatic heterocycles. The molecule has 0 aliphatic carbocycles. The van der Waals surface area contributed by atoms with E-state index in [-0.39, 0.29) is 5.69 Å². The number of nitrogens with zero attached hydrogens (tertiary/aromatic N) is 4.